The average molecular weight is 302 g/mol. The van der Waals surface area contributed by atoms with Crippen molar-refractivity contribution in [3.63, 3.8) is 0 Å². The number of phenolic OH excluding ortho intramolecular Hbond substituents is 1. The van der Waals surface area contributed by atoms with Crippen LogP contribution in [0.4, 0.5) is 0 Å². The van der Waals surface area contributed by atoms with E-state index in [9.17, 15) is 9.90 Å². The molecule has 6 nitrogen and oxygen atoms in total. The summed E-state index contributed by atoms with van der Waals surface area (Å²) < 4.78 is 21.6. The molecule has 1 aromatic heterocycles. The summed E-state index contributed by atoms with van der Waals surface area (Å²) in [6, 6.07) is 6.21. The van der Waals surface area contributed by atoms with Gasteiger partial charge in [0, 0.05) is 6.07 Å². The van der Waals surface area contributed by atoms with Crippen molar-refractivity contribution < 1.29 is 23.7 Å². The van der Waals surface area contributed by atoms with Gasteiger partial charge in [-0.15, -0.1) is 0 Å². The smallest absolute Gasteiger partial charge is 0.208 e. The maximum atomic E-state index is 12.8. The van der Waals surface area contributed by atoms with E-state index in [1.807, 2.05) is 0 Å². The van der Waals surface area contributed by atoms with E-state index in [4.69, 9.17) is 18.6 Å². The third-order valence-electron chi connectivity index (χ3n) is 3.48. The van der Waals surface area contributed by atoms with Crippen molar-refractivity contribution in [2.45, 2.75) is 0 Å². The van der Waals surface area contributed by atoms with Crippen LogP contribution in [0.15, 0.2) is 33.5 Å². The van der Waals surface area contributed by atoms with E-state index in [1.165, 1.54) is 27.4 Å². The zero-order valence-electron chi connectivity index (χ0n) is 12.3. The topological polar surface area (TPSA) is 78.1 Å². The molecule has 2 aromatic carbocycles. The highest BCUT2D eigenvalue weighted by Crippen LogP contribution is 2.41. The summed E-state index contributed by atoms with van der Waals surface area (Å²) in [5.74, 6) is 0.762. The third-order valence-corrected chi connectivity index (χ3v) is 3.48. The van der Waals surface area contributed by atoms with Crippen molar-refractivity contribution in [3.8, 4) is 23.0 Å². The van der Waals surface area contributed by atoms with Crippen LogP contribution in [0.2, 0.25) is 0 Å². The van der Waals surface area contributed by atoms with Gasteiger partial charge in [-0.25, -0.2) is 0 Å². The number of aromatic hydroxyl groups is 1. The van der Waals surface area contributed by atoms with Crippen LogP contribution in [0.25, 0.3) is 21.9 Å². The summed E-state index contributed by atoms with van der Waals surface area (Å²) >= 11 is 0. The predicted octanol–water partition coefficient (Wildman–Crippen LogP) is 2.68. The van der Waals surface area contributed by atoms with E-state index >= 15 is 0 Å². The first kappa shape index (κ1) is 14.1. The predicted molar refractivity (Wildman–Crippen MR) is 81.3 cm³/mol. The second-order valence-electron chi connectivity index (χ2n) is 4.60. The molecule has 0 aliphatic heterocycles. The molecule has 6 heteroatoms. The van der Waals surface area contributed by atoms with E-state index < -0.39 is 5.43 Å². The number of methoxy groups -OCH3 is 3. The fraction of sp³-hybridized carbons (Fsp3) is 0.188. The highest BCUT2D eigenvalue weighted by molar-refractivity contribution is 5.99. The molecule has 0 fully saturated rings. The zero-order chi connectivity index (χ0) is 15.9. The van der Waals surface area contributed by atoms with E-state index in [1.54, 1.807) is 18.2 Å². The van der Waals surface area contributed by atoms with Crippen molar-refractivity contribution in [1.82, 2.24) is 0 Å². The second kappa shape index (κ2) is 5.14. The molecule has 0 spiro atoms. The number of benzene rings is 2. The van der Waals surface area contributed by atoms with Gasteiger partial charge < -0.3 is 23.7 Å². The van der Waals surface area contributed by atoms with Crippen LogP contribution in [-0.2, 0) is 0 Å². The van der Waals surface area contributed by atoms with Crippen LogP contribution in [0.3, 0.4) is 0 Å². The van der Waals surface area contributed by atoms with Crippen LogP contribution < -0.4 is 19.6 Å². The molecule has 0 amide bonds. The van der Waals surface area contributed by atoms with Crippen molar-refractivity contribution in [1.29, 1.82) is 0 Å². The minimum Gasteiger partial charge on any atom is -0.507 e. The largest absolute Gasteiger partial charge is 0.507 e. The Morgan fingerprint density at radius 1 is 1.00 bits per heavy atom. The molecule has 0 saturated carbocycles. The molecule has 114 valence electrons. The normalized spacial score (nSPS) is 10.9. The molecule has 22 heavy (non-hydrogen) atoms. The van der Waals surface area contributed by atoms with Crippen LogP contribution in [-0.4, -0.2) is 26.4 Å². The Morgan fingerprint density at radius 3 is 2.36 bits per heavy atom. The van der Waals surface area contributed by atoms with Crippen molar-refractivity contribution >= 4 is 21.9 Å². The molecular formula is C16H14O6. The molecule has 0 unspecified atom stereocenters. The summed E-state index contributed by atoms with van der Waals surface area (Å²) in [4.78, 5) is 12.8. The zero-order valence-corrected chi connectivity index (χ0v) is 12.3. The average Bonchev–Trinajstić information content (AvgIpc) is 2.53. The van der Waals surface area contributed by atoms with Crippen molar-refractivity contribution in [3.05, 3.63) is 34.5 Å². The first-order valence-corrected chi connectivity index (χ1v) is 6.49. The van der Waals surface area contributed by atoms with Crippen molar-refractivity contribution in [2.75, 3.05) is 21.3 Å². The Morgan fingerprint density at radius 2 is 1.73 bits per heavy atom. The number of ether oxygens (including phenoxy) is 3. The maximum Gasteiger partial charge on any atom is 0.208 e. The van der Waals surface area contributed by atoms with Gasteiger partial charge in [0.05, 0.1) is 21.3 Å². The highest BCUT2D eigenvalue weighted by Gasteiger charge is 2.22. The number of hydrogen-bond donors (Lipinski definition) is 1. The lowest BCUT2D eigenvalue weighted by Gasteiger charge is -2.13. The fourth-order valence-electron chi connectivity index (χ4n) is 2.48. The molecule has 1 N–H and O–H groups in total. The van der Waals surface area contributed by atoms with E-state index in [0.29, 0.717) is 11.5 Å². The molecule has 0 aliphatic carbocycles. The number of fused-ring (bicyclic) bond motifs is 2. The van der Waals surface area contributed by atoms with Crippen LogP contribution in [0.1, 0.15) is 0 Å². The molecule has 0 bridgehead atoms. The molecular weight excluding hydrogens is 288 g/mol. The Kier molecular flexibility index (Phi) is 3.29. The van der Waals surface area contributed by atoms with Crippen LogP contribution >= 0.6 is 0 Å². The monoisotopic (exact) mass is 302 g/mol. The Balaban J connectivity index is 2.63. The first-order valence-electron chi connectivity index (χ1n) is 6.49. The molecule has 3 aromatic rings. The molecule has 0 radical (unpaired) electrons. The maximum absolute atomic E-state index is 12.8. The Labute approximate surface area is 125 Å². The van der Waals surface area contributed by atoms with Crippen LogP contribution in [0, 0.1) is 0 Å². The SMILES string of the molecule is COc1cc(OC)c2oc3cccc(O)c3c(=O)c2c1OC. The van der Waals surface area contributed by atoms with Gasteiger partial charge in [0.2, 0.25) is 5.43 Å². The number of rotatable bonds is 3. The number of hydrogen-bond acceptors (Lipinski definition) is 6. The van der Waals surface area contributed by atoms with Crippen molar-refractivity contribution in [2.24, 2.45) is 0 Å². The van der Waals surface area contributed by atoms with Gasteiger partial charge >= 0.3 is 0 Å². The molecule has 0 atom stereocenters. The summed E-state index contributed by atoms with van der Waals surface area (Å²) in [5, 5.41) is 10.2. The molecule has 0 aliphatic rings. The van der Waals surface area contributed by atoms with E-state index in [2.05, 4.69) is 0 Å². The highest BCUT2D eigenvalue weighted by atomic mass is 16.5. The lowest BCUT2D eigenvalue weighted by atomic mass is 10.1. The molecule has 1 heterocycles. The summed E-state index contributed by atoms with van der Waals surface area (Å²) in [7, 11) is 4.36. The summed E-state index contributed by atoms with van der Waals surface area (Å²) in [5.41, 5.74) is 0.0923. The van der Waals surface area contributed by atoms with Gasteiger partial charge in [-0.3, -0.25) is 4.79 Å². The van der Waals surface area contributed by atoms with E-state index in [0.717, 1.165) is 0 Å². The lowest BCUT2D eigenvalue weighted by molar-refractivity contribution is 0.351. The summed E-state index contributed by atoms with van der Waals surface area (Å²) in [6.45, 7) is 0. The third kappa shape index (κ3) is 1.84. The van der Waals surface area contributed by atoms with Gasteiger partial charge in [0.1, 0.15) is 22.1 Å². The molecule has 3 rings (SSSR count). The van der Waals surface area contributed by atoms with Crippen LogP contribution in [0.5, 0.6) is 23.0 Å². The van der Waals surface area contributed by atoms with Gasteiger partial charge in [-0.2, -0.15) is 0 Å². The summed E-state index contributed by atoms with van der Waals surface area (Å²) in [6.07, 6.45) is 0. The van der Waals surface area contributed by atoms with Gasteiger partial charge in [0.15, 0.2) is 22.8 Å². The minimum atomic E-state index is -0.414. The van der Waals surface area contributed by atoms with Gasteiger partial charge in [-0.05, 0) is 12.1 Å². The second-order valence-corrected chi connectivity index (χ2v) is 4.60. The standard InChI is InChI=1S/C16H14O6/c1-19-10-7-11(20-2)16-13(15(10)21-3)14(18)12-8(17)5-4-6-9(12)22-16/h4-7,17H,1-3H3. The lowest BCUT2D eigenvalue weighted by Crippen LogP contribution is -2.06. The van der Waals surface area contributed by atoms with E-state index in [-0.39, 0.29) is 33.4 Å². The van der Waals surface area contributed by atoms with Gasteiger partial charge in [0.25, 0.3) is 0 Å². The van der Waals surface area contributed by atoms with Gasteiger partial charge in [-0.1, -0.05) is 6.07 Å². The molecule has 0 saturated heterocycles. The quantitative estimate of drug-likeness (QED) is 0.749. The minimum absolute atomic E-state index is 0.0867. The fourth-order valence-corrected chi connectivity index (χ4v) is 2.48. The Bertz CT molecular complexity index is 925. The Hall–Kier alpha value is -2.89. The number of phenols is 1. The first-order chi connectivity index (χ1) is 10.6.